The zero-order valence-electron chi connectivity index (χ0n) is 14.7. The summed E-state index contributed by atoms with van der Waals surface area (Å²) in [4.78, 5) is 24.8. The van der Waals surface area contributed by atoms with E-state index < -0.39 is 11.8 Å². The van der Waals surface area contributed by atoms with E-state index in [1.54, 1.807) is 0 Å². The third kappa shape index (κ3) is 5.47. The van der Waals surface area contributed by atoms with E-state index in [0.717, 1.165) is 5.57 Å². The molecular formula is C18H30O4. The van der Waals surface area contributed by atoms with Crippen LogP contribution in [0.15, 0.2) is 11.6 Å². The summed E-state index contributed by atoms with van der Waals surface area (Å²) in [7, 11) is 0. The molecule has 0 saturated carbocycles. The van der Waals surface area contributed by atoms with Crippen molar-refractivity contribution >= 4 is 11.9 Å². The molecule has 0 aliphatic heterocycles. The minimum Gasteiger partial charge on any atom is -0.465 e. The van der Waals surface area contributed by atoms with Gasteiger partial charge in [-0.25, -0.2) is 0 Å². The van der Waals surface area contributed by atoms with Gasteiger partial charge in [-0.2, -0.15) is 0 Å². The van der Waals surface area contributed by atoms with E-state index in [9.17, 15) is 9.59 Å². The highest BCUT2D eigenvalue weighted by Gasteiger charge is 2.41. The number of carbonyl (C=O) groups excluding carboxylic acids is 2. The second kappa shape index (κ2) is 8.35. The van der Waals surface area contributed by atoms with Crippen molar-refractivity contribution in [2.24, 2.45) is 29.6 Å². The SMILES string of the molecule is CC1=C[C@H](C)[C@@H](C(=O)OCC(C)C)[C@H](C(=O)OCC(C)C)C1. The first-order valence-corrected chi connectivity index (χ1v) is 8.22. The van der Waals surface area contributed by atoms with Crippen LogP contribution in [0, 0.1) is 29.6 Å². The first kappa shape index (κ1) is 18.7. The standard InChI is InChI=1S/C18H30O4/c1-11(2)9-21-17(19)15-8-13(5)7-14(6)16(15)18(20)22-10-12(3)4/h7,11-12,14-16H,8-10H2,1-6H3/t14-,15+,16+/m0/s1. The molecule has 0 radical (unpaired) electrons. The topological polar surface area (TPSA) is 52.6 Å². The molecule has 0 fully saturated rings. The Morgan fingerprint density at radius 3 is 2.09 bits per heavy atom. The molecule has 0 aromatic carbocycles. The molecule has 3 atom stereocenters. The van der Waals surface area contributed by atoms with Gasteiger partial charge in [-0.15, -0.1) is 0 Å². The van der Waals surface area contributed by atoms with Gasteiger partial charge in [0.2, 0.25) is 0 Å². The summed E-state index contributed by atoms with van der Waals surface area (Å²) in [5.41, 5.74) is 1.13. The Kier molecular flexibility index (Phi) is 7.11. The van der Waals surface area contributed by atoms with Crippen molar-refractivity contribution in [2.45, 2.75) is 48.0 Å². The van der Waals surface area contributed by atoms with Crippen molar-refractivity contribution in [3.8, 4) is 0 Å². The second-order valence-electron chi connectivity index (χ2n) is 7.26. The molecule has 0 N–H and O–H groups in total. The van der Waals surface area contributed by atoms with Gasteiger partial charge in [-0.3, -0.25) is 9.59 Å². The van der Waals surface area contributed by atoms with Crippen molar-refractivity contribution in [1.29, 1.82) is 0 Å². The first-order valence-electron chi connectivity index (χ1n) is 8.22. The summed E-state index contributed by atoms with van der Waals surface area (Å²) >= 11 is 0. The Morgan fingerprint density at radius 2 is 1.59 bits per heavy atom. The van der Waals surface area contributed by atoms with Crippen molar-refractivity contribution in [2.75, 3.05) is 13.2 Å². The van der Waals surface area contributed by atoms with Gasteiger partial charge in [0.05, 0.1) is 25.0 Å². The lowest BCUT2D eigenvalue weighted by atomic mass is 9.74. The van der Waals surface area contributed by atoms with Gasteiger partial charge in [-0.05, 0) is 31.1 Å². The molecule has 4 heteroatoms. The molecule has 0 aromatic heterocycles. The predicted molar refractivity (Wildman–Crippen MR) is 86.1 cm³/mol. The van der Waals surface area contributed by atoms with E-state index in [4.69, 9.17) is 9.47 Å². The van der Waals surface area contributed by atoms with E-state index in [2.05, 4.69) is 6.08 Å². The largest absolute Gasteiger partial charge is 0.465 e. The third-order valence-corrected chi connectivity index (χ3v) is 3.78. The van der Waals surface area contributed by atoms with E-state index in [1.165, 1.54) is 0 Å². The highest BCUT2D eigenvalue weighted by atomic mass is 16.5. The van der Waals surface area contributed by atoms with Crippen LogP contribution in [0.25, 0.3) is 0 Å². The van der Waals surface area contributed by atoms with Gasteiger partial charge in [0.15, 0.2) is 0 Å². The zero-order valence-corrected chi connectivity index (χ0v) is 14.7. The Labute approximate surface area is 134 Å². The minimum atomic E-state index is -0.442. The van der Waals surface area contributed by atoms with Crippen LogP contribution in [0.5, 0.6) is 0 Å². The van der Waals surface area contributed by atoms with Gasteiger partial charge >= 0.3 is 11.9 Å². The molecule has 126 valence electrons. The summed E-state index contributed by atoms with van der Waals surface area (Å²) in [6.45, 7) is 12.7. The molecule has 0 spiro atoms. The molecule has 0 saturated heterocycles. The molecule has 0 heterocycles. The van der Waals surface area contributed by atoms with Gasteiger partial charge in [0.25, 0.3) is 0 Å². The van der Waals surface area contributed by atoms with Gasteiger partial charge in [0, 0.05) is 0 Å². The Bertz CT molecular complexity index is 423. The Balaban J connectivity index is 2.83. The van der Waals surface area contributed by atoms with E-state index in [1.807, 2.05) is 41.5 Å². The maximum atomic E-state index is 12.4. The molecule has 0 amide bonds. The van der Waals surface area contributed by atoms with Gasteiger partial charge in [-0.1, -0.05) is 46.3 Å². The number of hydrogen-bond acceptors (Lipinski definition) is 4. The summed E-state index contributed by atoms with van der Waals surface area (Å²) in [6, 6.07) is 0. The number of carbonyl (C=O) groups is 2. The molecule has 1 aliphatic carbocycles. The Hall–Kier alpha value is -1.32. The summed E-state index contributed by atoms with van der Waals surface area (Å²) in [6.07, 6.45) is 2.64. The summed E-state index contributed by atoms with van der Waals surface area (Å²) in [5, 5.41) is 0. The van der Waals surface area contributed by atoms with E-state index >= 15 is 0 Å². The summed E-state index contributed by atoms with van der Waals surface area (Å²) < 4.78 is 10.8. The number of hydrogen-bond donors (Lipinski definition) is 0. The number of rotatable bonds is 6. The lowest BCUT2D eigenvalue weighted by Gasteiger charge is -2.32. The molecule has 0 aromatic rings. The molecule has 0 unspecified atom stereocenters. The maximum absolute atomic E-state index is 12.4. The van der Waals surface area contributed by atoms with Crippen LogP contribution in [0.1, 0.15) is 48.0 Å². The molecule has 0 bridgehead atoms. The average Bonchev–Trinajstić information content (AvgIpc) is 2.41. The predicted octanol–water partition coefficient (Wildman–Crippen LogP) is 3.60. The van der Waals surface area contributed by atoms with Crippen molar-refractivity contribution in [3.63, 3.8) is 0 Å². The lowest BCUT2D eigenvalue weighted by molar-refractivity contribution is -0.164. The quantitative estimate of drug-likeness (QED) is 0.555. The van der Waals surface area contributed by atoms with Gasteiger partial charge in [0.1, 0.15) is 0 Å². The fourth-order valence-corrected chi connectivity index (χ4v) is 2.77. The number of ether oxygens (including phenoxy) is 2. The number of allylic oxidation sites excluding steroid dienone is 2. The fraction of sp³-hybridized carbons (Fsp3) is 0.778. The lowest BCUT2D eigenvalue weighted by Crippen LogP contribution is -2.39. The van der Waals surface area contributed by atoms with Crippen molar-refractivity contribution in [3.05, 3.63) is 11.6 Å². The highest BCUT2D eigenvalue weighted by molar-refractivity contribution is 5.83. The van der Waals surface area contributed by atoms with Crippen LogP contribution in [0.2, 0.25) is 0 Å². The molecule has 22 heavy (non-hydrogen) atoms. The van der Waals surface area contributed by atoms with Crippen LogP contribution >= 0.6 is 0 Å². The van der Waals surface area contributed by atoms with Crippen molar-refractivity contribution in [1.82, 2.24) is 0 Å². The zero-order chi connectivity index (χ0) is 16.9. The molecule has 1 aliphatic rings. The third-order valence-electron chi connectivity index (χ3n) is 3.78. The van der Waals surface area contributed by atoms with E-state index in [0.29, 0.717) is 19.6 Å². The van der Waals surface area contributed by atoms with Gasteiger partial charge < -0.3 is 9.47 Å². The van der Waals surface area contributed by atoms with Crippen molar-refractivity contribution < 1.29 is 19.1 Å². The van der Waals surface area contributed by atoms with E-state index in [-0.39, 0.29) is 29.7 Å². The van der Waals surface area contributed by atoms with Crippen LogP contribution in [-0.2, 0) is 19.1 Å². The smallest absolute Gasteiger partial charge is 0.310 e. The second-order valence-corrected chi connectivity index (χ2v) is 7.26. The Morgan fingerprint density at radius 1 is 1.09 bits per heavy atom. The molecular weight excluding hydrogens is 280 g/mol. The highest BCUT2D eigenvalue weighted by Crippen LogP contribution is 2.35. The van der Waals surface area contributed by atoms with Crippen LogP contribution in [-0.4, -0.2) is 25.2 Å². The van der Waals surface area contributed by atoms with Crippen LogP contribution < -0.4 is 0 Å². The average molecular weight is 310 g/mol. The summed E-state index contributed by atoms with van der Waals surface area (Å²) in [5.74, 6) is -0.874. The van der Waals surface area contributed by atoms with Crippen LogP contribution in [0.4, 0.5) is 0 Å². The fourth-order valence-electron chi connectivity index (χ4n) is 2.77. The monoisotopic (exact) mass is 310 g/mol. The molecule has 4 nitrogen and oxygen atoms in total. The maximum Gasteiger partial charge on any atom is 0.310 e. The normalized spacial score (nSPS) is 25.1. The molecule has 1 rings (SSSR count). The van der Waals surface area contributed by atoms with Crippen LogP contribution in [0.3, 0.4) is 0 Å². The first-order chi connectivity index (χ1) is 10.2. The number of esters is 2. The minimum absolute atomic E-state index is 0.00925.